The summed E-state index contributed by atoms with van der Waals surface area (Å²) in [4.78, 5) is 24.4. The van der Waals surface area contributed by atoms with Crippen LogP contribution in [0.1, 0.15) is 26.2 Å². The summed E-state index contributed by atoms with van der Waals surface area (Å²) in [5.74, 6) is -1.14. The minimum Gasteiger partial charge on any atom is -0.480 e. The standard InChI is InChI=1S/C12H22N2O5/c1-2-19-9-4-3-6-14(8-9)12(18)13-10(5-7-15)11(16)17/h9-10,15H,2-8H2,1H3,(H,13,18)(H,16,17). The third-order valence-corrected chi connectivity index (χ3v) is 3.08. The minimum atomic E-state index is -1.14. The van der Waals surface area contributed by atoms with Gasteiger partial charge in [-0.05, 0) is 19.8 Å². The van der Waals surface area contributed by atoms with Crippen LogP contribution >= 0.6 is 0 Å². The van der Waals surface area contributed by atoms with Crippen LogP contribution in [-0.2, 0) is 9.53 Å². The fourth-order valence-corrected chi connectivity index (χ4v) is 2.12. The Hall–Kier alpha value is -1.34. The van der Waals surface area contributed by atoms with Gasteiger partial charge in [0.1, 0.15) is 6.04 Å². The van der Waals surface area contributed by atoms with E-state index in [1.807, 2.05) is 6.92 Å². The number of nitrogens with zero attached hydrogens (tertiary/aromatic N) is 1. The Labute approximate surface area is 112 Å². The SMILES string of the molecule is CCOC1CCCN(C(=O)NC(CCO)C(=O)O)C1. The second kappa shape index (κ2) is 7.96. The average Bonchev–Trinajstić information content (AvgIpc) is 2.38. The van der Waals surface area contributed by atoms with Crippen LogP contribution in [0.2, 0.25) is 0 Å². The summed E-state index contributed by atoms with van der Waals surface area (Å²) in [5, 5.41) is 20.1. The van der Waals surface area contributed by atoms with E-state index in [-0.39, 0.29) is 19.1 Å². The highest BCUT2D eigenvalue weighted by atomic mass is 16.5. The van der Waals surface area contributed by atoms with E-state index in [4.69, 9.17) is 14.9 Å². The summed E-state index contributed by atoms with van der Waals surface area (Å²) in [7, 11) is 0. The van der Waals surface area contributed by atoms with Crippen molar-refractivity contribution in [1.29, 1.82) is 0 Å². The average molecular weight is 274 g/mol. The zero-order chi connectivity index (χ0) is 14.3. The monoisotopic (exact) mass is 274 g/mol. The normalized spacial score (nSPS) is 20.9. The van der Waals surface area contributed by atoms with E-state index in [0.29, 0.717) is 19.7 Å². The molecule has 2 amide bonds. The molecule has 1 fully saturated rings. The number of hydrogen-bond acceptors (Lipinski definition) is 4. The van der Waals surface area contributed by atoms with Crippen molar-refractivity contribution in [3.63, 3.8) is 0 Å². The van der Waals surface area contributed by atoms with Crippen LogP contribution in [0.15, 0.2) is 0 Å². The highest BCUT2D eigenvalue weighted by molar-refractivity contribution is 5.82. The maximum absolute atomic E-state index is 12.0. The Kier molecular flexibility index (Phi) is 6.58. The van der Waals surface area contributed by atoms with Gasteiger partial charge in [-0.15, -0.1) is 0 Å². The molecule has 0 radical (unpaired) electrons. The summed E-state index contributed by atoms with van der Waals surface area (Å²) >= 11 is 0. The van der Waals surface area contributed by atoms with E-state index in [1.165, 1.54) is 0 Å². The number of carboxylic acid groups (broad SMARTS) is 1. The number of carbonyl (C=O) groups is 2. The van der Waals surface area contributed by atoms with Gasteiger partial charge < -0.3 is 25.2 Å². The van der Waals surface area contributed by atoms with Crippen LogP contribution in [0.5, 0.6) is 0 Å². The molecule has 1 aliphatic heterocycles. The first-order chi connectivity index (χ1) is 9.08. The van der Waals surface area contributed by atoms with Crippen LogP contribution in [0.3, 0.4) is 0 Å². The Balaban J connectivity index is 2.49. The van der Waals surface area contributed by atoms with Gasteiger partial charge in [0.25, 0.3) is 0 Å². The number of rotatable bonds is 6. The molecule has 2 atom stereocenters. The summed E-state index contributed by atoms with van der Waals surface area (Å²) in [5.41, 5.74) is 0. The van der Waals surface area contributed by atoms with Crippen molar-refractivity contribution < 1.29 is 24.5 Å². The van der Waals surface area contributed by atoms with Crippen LogP contribution in [0.25, 0.3) is 0 Å². The largest absolute Gasteiger partial charge is 0.480 e. The molecule has 1 saturated heterocycles. The molecule has 0 aromatic carbocycles. The molecule has 7 heteroatoms. The third-order valence-electron chi connectivity index (χ3n) is 3.08. The number of carbonyl (C=O) groups excluding carboxylic acids is 1. The number of aliphatic hydroxyl groups excluding tert-OH is 1. The number of amides is 2. The van der Waals surface area contributed by atoms with E-state index in [2.05, 4.69) is 5.32 Å². The lowest BCUT2D eigenvalue weighted by Crippen LogP contribution is -2.52. The zero-order valence-electron chi connectivity index (χ0n) is 11.2. The number of ether oxygens (including phenoxy) is 1. The molecule has 0 aromatic rings. The van der Waals surface area contributed by atoms with Crippen LogP contribution in [-0.4, -0.2) is 65.6 Å². The number of likely N-dealkylation sites (tertiary alicyclic amines) is 1. The third kappa shape index (κ3) is 5.04. The molecular weight excluding hydrogens is 252 g/mol. The quantitative estimate of drug-likeness (QED) is 0.635. The van der Waals surface area contributed by atoms with E-state index in [9.17, 15) is 9.59 Å². The van der Waals surface area contributed by atoms with Crippen LogP contribution < -0.4 is 5.32 Å². The van der Waals surface area contributed by atoms with Crippen molar-refractivity contribution in [3.05, 3.63) is 0 Å². The van der Waals surface area contributed by atoms with Gasteiger partial charge in [-0.3, -0.25) is 0 Å². The van der Waals surface area contributed by atoms with Crippen molar-refractivity contribution in [1.82, 2.24) is 10.2 Å². The molecule has 19 heavy (non-hydrogen) atoms. The van der Waals surface area contributed by atoms with Gasteiger partial charge in [0.15, 0.2) is 0 Å². The van der Waals surface area contributed by atoms with Crippen LogP contribution in [0.4, 0.5) is 4.79 Å². The maximum atomic E-state index is 12.0. The van der Waals surface area contributed by atoms with Crippen LogP contribution in [0, 0.1) is 0 Å². The van der Waals surface area contributed by atoms with Crippen molar-refractivity contribution in [2.24, 2.45) is 0 Å². The number of aliphatic carboxylic acids is 1. The van der Waals surface area contributed by atoms with Crippen molar-refractivity contribution in [2.45, 2.75) is 38.3 Å². The van der Waals surface area contributed by atoms with Gasteiger partial charge in [-0.25, -0.2) is 9.59 Å². The van der Waals surface area contributed by atoms with Gasteiger partial charge in [0.05, 0.1) is 6.10 Å². The molecule has 1 rings (SSSR count). The molecule has 7 nitrogen and oxygen atoms in total. The lowest BCUT2D eigenvalue weighted by molar-refractivity contribution is -0.139. The summed E-state index contributed by atoms with van der Waals surface area (Å²) in [6, 6.07) is -1.46. The van der Waals surface area contributed by atoms with Crippen molar-refractivity contribution >= 4 is 12.0 Å². The predicted molar refractivity (Wildman–Crippen MR) is 67.9 cm³/mol. The number of carboxylic acids is 1. The first-order valence-corrected chi connectivity index (χ1v) is 6.59. The predicted octanol–water partition coefficient (Wildman–Crippen LogP) is 0.0325. The van der Waals surface area contributed by atoms with E-state index >= 15 is 0 Å². The molecule has 0 spiro atoms. The van der Waals surface area contributed by atoms with E-state index in [0.717, 1.165) is 12.8 Å². The molecular formula is C12H22N2O5. The Bertz CT molecular complexity index is 308. The molecule has 110 valence electrons. The minimum absolute atomic E-state index is 0.00377. The number of hydrogen-bond donors (Lipinski definition) is 3. The number of piperidine rings is 1. The Morgan fingerprint density at radius 1 is 1.53 bits per heavy atom. The van der Waals surface area contributed by atoms with Gasteiger partial charge in [-0.2, -0.15) is 0 Å². The van der Waals surface area contributed by atoms with Gasteiger partial charge >= 0.3 is 12.0 Å². The lowest BCUT2D eigenvalue weighted by Gasteiger charge is -2.33. The van der Waals surface area contributed by atoms with Gasteiger partial charge in [0.2, 0.25) is 0 Å². The zero-order valence-corrected chi connectivity index (χ0v) is 11.2. The first kappa shape index (κ1) is 15.7. The van der Waals surface area contributed by atoms with E-state index in [1.54, 1.807) is 4.90 Å². The molecule has 0 aromatic heterocycles. The molecule has 0 saturated carbocycles. The first-order valence-electron chi connectivity index (χ1n) is 6.59. The maximum Gasteiger partial charge on any atom is 0.326 e. The highest BCUT2D eigenvalue weighted by Gasteiger charge is 2.27. The molecule has 1 aliphatic rings. The Morgan fingerprint density at radius 3 is 2.84 bits per heavy atom. The lowest BCUT2D eigenvalue weighted by atomic mass is 10.1. The van der Waals surface area contributed by atoms with Gasteiger partial charge in [-0.1, -0.05) is 0 Å². The molecule has 1 heterocycles. The fourth-order valence-electron chi connectivity index (χ4n) is 2.12. The smallest absolute Gasteiger partial charge is 0.326 e. The summed E-state index contributed by atoms with van der Waals surface area (Å²) < 4.78 is 5.49. The number of nitrogens with one attached hydrogen (secondary N) is 1. The Morgan fingerprint density at radius 2 is 2.26 bits per heavy atom. The fraction of sp³-hybridized carbons (Fsp3) is 0.833. The van der Waals surface area contributed by atoms with Crippen molar-refractivity contribution in [2.75, 3.05) is 26.3 Å². The molecule has 0 bridgehead atoms. The number of urea groups is 1. The van der Waals surface area contributed by atoms with E-state index < -0.39 is 18.0 Å². The number of aliphatic hydroxyl groups is 1. The molecule has 0 aliphatic carbocycles. The van der Waals surface area contributed by atoms with Gasteiger partial charge in [0, 0.05) is 32.7 Å². The summed E-state index contributed by atoms with van der Waals surface area (Å²) in [6.07, 6.45) is 1.78. The molecule has 2 unspecified atom stereocenters. The second-order valence-corrected chi connectivity index (χ2v) is 4.52. The topological polar surface area (TPSA) is 99.1 Å². The summed E-state index contributed by atoms with van der Waals surface area (Å²) in [6.45, 7) is 3.30. The second-order valence-electron chi connectivity index (χ2n) is 4.52. The van der Waals surface area contributed by atoms with Crippen molar-refractivity contribution in [3.8, 4) is 0 Å². The molecule has 3 N–H and O–H groups in total. The highest BCUT2D eigenvalue weighted by Crippen LogP contribution is 2.13.